The van der Waals surface area contributed by atoms with Crippen LogP contribution in [0.4, 0.5) is 0 Å². The van der Waals surface area contributed by atoms with E-state index in [2.05, 4.69) is 10.6 Å². The van der Waals surface area contributed by atoms with Crippen molar-refractivity contribution in [3.63, 3.8) is 0 Å². The molecule has 2 amide bonds. The molecule has 0 aromatic carbocycles. The Hall–Kier alpha value is -2.16. The maximum absolute atomic E-state index is 12.0. The Balaban J connectivity index is 4.85. The summed E-state index contributed by atoms with van der Waals surface area (Å²) in [6, 6.07) is -3.14. The van der Waals surface area contributed by atoms with Crippen LogP contribution in [0.3, 0.4) is 0 Å². The van der Waals surface area contributed by atoms with Gasteiger partial charge in [0.2, 0.25) is 11.8 Å². The van der Waals surface area contributed by atoms with Gasteiger partial charge < -0.3 is 26.6 Å². The van der Waals surface area contributed by atoms with Gasteiger partial charge in [0.15, 0.2) is 0 Å². The van der Waals surface area contributed by atoms with Crippen molar-refractivity contribution < 1.29 is 29.4 Å². The van der Waals surface area contributed by atoms with E-state index in [4.69, 9.17) is 15.9 Å². The van der Waals surface area contributed by atoms with Crippen molar-refractivity contribution in [2.24, 2.45) is 11.7 Å². The smallest absolute Gasteiger partial charge is 0.325 e. The van der Waals surface area contributed by atoms with Crippen molar-refractivity contribution in [1.29, 1.82) is 0 Å². The van der Waals surface area contributed by atoms with Crippen LogP contribution in [0.25, 0.3) is 0 Å². The molecule has 132 valence electrons. The molecule has 0 radical (unpaired) electrons. The van der Waals surface area contributed by atoms with Gasteiger partial charge in [0.25, 0.3) is 0 Å². The Morgan fingerprint density at radius 1 is 1.00 bits per heavy atom. The van der Waals surface area contributed by atoms with Gasteiger partial charge in [-0.05, 0) is 25.7 Å². The van der Waals surface area contributed by atoms with E-state index in [1.54, 1.807) is 0 Å². The quantitative estimate of drug-likeness (QED) is 0.354. The molecule has 0 aromatic rings. The number of rotatable bonds is 10. The lowest BCUT2D eigenvalue weighted by molar-refractivity contribution is -0.142. The van der Waals surface area contributed by atoms with Crippen molar-refractivity contribution in [3.05, 3.63) is 0 Å². The zero-order valence-corrected chi connectivity index (χ0v) is 13.5. The van der Waals surface area contributed by atoms with E-state index in [0.717, 1.165) is 0 Å². The predicted octanol–water partition coefficient (Wildman–Crippen LogP) is -0.701. The molecular formula is C14H25N3O6. The Kier molecular flexibility index (Phi) is 8.86. The molecule has 3 atom stereocenters. The van der Waals surface area contributed by atoms with Gasteiger partial charge in [-0.3, -0.25) is 19.2 Å². The van der Waals surface area contributed by atoms with E-state index in [9.17, 15) is 19.2 Å². The predicted molar refractivity (Wildman–Crippen MR) is 81.5 cm³/mol. The molecule has 23 heavy (non-hydrogen) atoms. The summed E-state index contributed by atoms with van der Waals surface area (Å²) in [5.74, 6) is -3.53. The highest BCUT2D eigenvalue weighted by atomic mass is 16.4. The minimum atomic E-state index is -1.24. The number of nitrogens with two attached hydrogens (primary N) is 1. The molecule has 0 aliphatic heterocycles. The third-order valence-electron chi connectivity index (χ3n) is 3.07. The highest BCUT2D eigenvalue weighted by Crippen LogP contribution is 2.05. The maximum atomic E-state index is 12.0. The van der Waals surface area contributed by atoms with Crippen LogP contribution < -0.4 is 16.4 Å². The number of carboxylic acids is 2. The summed E-state index contributed by atoms with van der Waals surface area (Å²) >= 11 is 0. The van der Waals surface area contributed by atoms with Gasteiger partial charge in [-0.25, -0.2) is 0 Å². The summed E-state index contributed by atoms with van der Waals surface area (Å²) in [5, 5.41) is 22.1. The Bertz CT molecular complexity index is 452. The van der Waals surface area contributed by atoms with Crippen LogP contribution in [0.15, 0.2) is 0 Å². The summed E-state index contributed by atoms with van der Waals surface area (Å²) in [6.45, 7) is 5.04. The monoisotopic (exact) mass is 331 g/mol. The van der Waals surface area contributed by atoms with Crippen molar-refractivity contribution in [2.75, 3.05) is 0 Å². The number of aliphatic carboxylic acids is 2. The maximum Gasteiger partial charge on any atom is 0.325 e. The lowest BCUT2D eigenvalue weighted by Crippen LogP contribution is -2.54. The fourth-order valence-corrected chi connectivity index (χ4v) is 1.81. The van der Waals surface area contributed by atoms with Crippen LogP contribution >= 0.6 is 0 Å². The molecule has 0 aliphatic rings. The van der Waals surface area contributed by atoms with E-state index in [1.165, 1.54) is 6.92 Å². The molecule has 0 saturated heterocycles. The van der Waals surface area contributed by atoms with Gasteiger partial charge in [0, 0.05) is 6.42 Å². The molecule has 6 N–H and O–H groups in total. The van der Waals surface area contributed by atoms with Crippen LogP contribution in [-0.2, 0) is 19.2 Å². The summed E-state index contributed by atoms with van der Waals surface area (Å²) in [4.78, 5) is 45.4. The van der Waals surface area contributed by atoms with Gasteiger partial charge >= 0.3 is 11.9 Å². The highest BCUT2D eigenvalue weighted by molar-refractivity contribution is 5.91. The lowest BCUT2D eigenvalue weighted by atomic mass is 10.0. The van der Waals surface area contributed by atoms with Crippen LogP contribution in [-0.4, -0.2) is 52.1 Å². The van der Waals surface area contributed by atoms with Crippen LogP contribution in [0.1, 0.15) is 40.0 Å². The van der Waals surface area contributed by atoms with Crippen LogP contribution in [0.2, 0.25) is 0 Å². The highest BCUT2D eigenvalue weighted by Gasteiger charge is 2.26. The standard InChI is InChI=1S/C14H25N3O6/c1-7(2)6-9(15)12(20)17-10(4-5-11(18)19)13(21)16-8(3)14(22)23/h7-10H,4-6,15H2,1-3H3,(H,16,21)(H,17,20)(H,18,19)(H,22,23)/t8-,9+,10-/m0/s1. The lowest BCUT2D eigenvalue weighted by Gasteiger charge is -2.22. The van der Waals surface area contributed by atoms with Crippen LogP contribution in [0, 0.1) is 5.92 Å². The second kappa shape index (κ2) is 9.78. The number of hydrogen-bond donors (Lipinski definition) is 5. The fourth-order valence-electron chi connectivity index (χ4n) is 1.81. The molecule has 0 aromatic heterocycles. The molecular weight excluding hydrogens is 306 g/mol. The molecule has 0 aliphatic carbocycles. The van der Waals surface area contributed by atoms with Gasteiger partial charge in [0.05, 0.1) is 6.04 Å². The third-order valence-corrected chi connectivity index (χ3v) is 3.07. The van der Waals surface area contributed by atoms with Gasteiger partial charge in [-0.2, -0.15) is 0 Å². The number of carbonyl (C=O) groups is 4. The normalized spacial score (nSPS) is 14.7. The van der Waals surface area contributed by atoms with Gasteiger partial charge in [-0.1, -0.05) is 13.8 Å². The van der Waals surface area contributed by atoms with E-state index >= 15 is 0 Å². The van der Waals surface area contributed by atoms with E-state index in [0.29, 0.717) is 6.42 Å². The SMILES string of the molecule is CC(C)C[C@@H](N)C(=O)N[C@@H](CCC(=O)O)C(=O)N[C@@H](C)C(=O)O. The Morgan fingerprint density at radius 3 is 2.00 bits per heavy atom. The minimum Gasteiger partial charge on any atom is -0.481 e. The van der Waals surface area contributed by atoms with Crippen molar-refractivity contribution >= 4 is 23.8 Å². The minimum absolute atomic E-state index is 0.159. The average Bonchev–Trinajstić information content (AvgIpc) is 2.41. The number of carbonyl (C=O) groups excluding carboxylic acids is 2. The third kappa shape index (κ3) is 8.77. The van der Waals surface area contributed by atoms with Crippen molar-refractivity contribution in [3.8, 4) is 0 Å². The zero-order chi connectivity index (χ0) is 18.2. The summed E-state index contributed by atoms with van der Waals surface area (Å²) in [7, 11) is 0. The molecule has 0 unspecified atom stereocenters. The first-order chi connectivity index (χ1) is 10.5. The largest absolute Gasteiger partial charge is 0.481 e. The van der Waals surface area contributed by atoms with Crippen molar-refractivity contribution in [2.45, 2.75) is 58.2 Å². The molecule has 0 bridgehead atoms. The first-order valence-electron chi connectivity index (χ1n) is 7.35. The van der Waals surface area contributed by atoms with Gasteiger partial charge in [0.1, 0.15) is 12.1 Å². The fraction of sp³-hybridized carbons (Fsp3) is 0.714. The first-order valence-corrected chi connectivity index (χ1v) is 7.35. The van der Waals surface area contributed by atoms with Crippen LogP contribution in [0.5, 0.6) is 0 Å². The second-order valence-corrected chi connectivity index (χ2v) is 5.80. The Labute approximate surface area is 134 Å². The number of nitrogens with one attached hydrogen (secondary N) is 2. The molecule has 9 nitrogen and oxygen atoms in total. The molecule has 0 heterocycles. The molecule has 0 saturated carbocycles. The van der Waals surface area contributed by atoms with E-state index in [1.807, 2.05) is 13.8 Å². The van der Waals surface area contributed by atoms with Crippen molar-refractivity contribution in [1.82, 2.24) is 10.6 Å². The summed E-state index contributed by atoms with van der Waals surface area (Å²) < 4.78 is 0. The zero-order valence-electron chi connectivity index (χ0n) is 13.5. The average molecular weight is 331 g/mol. The summed E-state index contributed by atoms with van der Waals surface area (Å²) in [6.07, 6.45) is -0.0997. The number of hydrogen-bond acceptors (Lipinski definition) is 5. The number of amides is 2. The molecule has 0 spiro atoms. The van der Waals surface area contributed by atoms with E-state index < -0.39 is 41.9 Å². The van der Waals surface area contributed by atoms with Gasteiger partial charge in [-0.15, -0.1) is 0 Å². The topological polar surface area (TPSA) is 159 Å². The molecule has 0 rings (SSSR count). The first kappa shape index (κ1) is 20.8. The number of carboxylic acid groups (broad SMARTS) is 2. The molecule has 9 heteroatoms. The molecule has 0 fully saturated rings. The Morgan fingerprint density at radius 2 is 1.57 bits per heavy atom. The van der Waals surface area contributed by atoms with E-state index in [-0.39, 0.29) is 18.8 Å². The summed E-state index contributed by atoms with van der Waals surface area (Å²) in [5.41, 5.74) is 5.72. The second-order valence-electron chi connectivity index (χ2n) is 5.80.